The Bertz CT molecular complexity index is 963. The van der Waals surface area contributed by atoms with Gasteiger partial charge in [-0.25, -0.2) is 10.1 Å². The number of nitrogens with zero attached hydrogens (tertiary/aromatic N) is 2. The molecule has 3 aromatic rings. The minimum Gasteiger partial charge on any atom is -0.380 e. The Kier molecular flexibility index (Phi) is 4.51. The van der Waals surface area contributed by atoms with Crippen LogP contribution < -0.4 is 5.49 Å². The molecule has 4 rings (SSSR count). The largest absolute Gasteiger partial charge is 0.380 e. The summed E-state index contributed by atoms with van der Waals surface area (Å²) in [6.45, 7) is 1.87. The summed E-state index contributed by atoms with van der Waals surface area (Å²) in [5.41, 5.74) is 2.97. The average Bonchev–Trinajstić information content (AvgIpc) is 3.07. The van der Waals surface area contributed by atoms with Crippen molar-refractivity contribution < 1.29 is 4.52 Å². The predicted octanol–water partition coefficient (Wildman–Crippen LogP) is 4.01. The number of nitrogens with one attached hydrogen (secondary N) is 1. The number of fused-ring (bicyclic) bond motifs is 1. The van der Waals surface area contributed by atoms with Crippen molar-refractivity contribution in [3.05, 3.63) is 89.7 Å². The highest BCUT2D eigenvalue weighted by atomic mass is 16.5. The van der Waals surface area contributed by atoms with Gasteiger partial charge in [0.1, 0.15) is 5.82 Å². The minimum atomic E-state index is 0.769. The fourth-order valence-corrected chi connectivity index (χ4v) is 3.08. The van der Waals surface area contributed by atoms with Gasteiger partial charge in [0.25, 0.3) is 0 Å². The molecule has 1 aliphatic heterocycles. The number of hydrogen-bond acceptors (Lipinski definition) is 3. The molecule has 0 atom stereocenters. The molecule has 1 aliphatic rings. The lowest BCUT2D eigenvalue weighted by Gasteiger charge is -2.25. The van der Waals surface area contributed by atoms with Crippen LogP contribution in [0.3, 0.4) is 0 Å². The standard InChI is InChI=1S/C21H21N3O/c1-2-9-17(10-3-1)11-8-16-24-15-7-6-14-20(24)22-21-18-12-4-5-13-19(18)25-23-21/h1-7,9-10,12-14H,8,11,15-16H2,(H,22,23). The van der Waals surface area contributed by atoms with Crippen molar-refractivity contribution in [3.8, 4) is 0 Å². The molecule has 0 aliphatic carbocycles. The van der Waals surface area contributed by atoms with Crippen LogP contribution in [-0.4, -0.2) is 23.1 Å². The molecular formula is C21H21N3O. The highest BCUT2D eigenvalue weighted by Crippen LogP contribution is 2.14. The second-order valence-electron chi connectivity index (χ2n) is 6.15. The average molecular weight is 331 g/mol. The lowest BCUT2D eigenvalue weighted by atomic mass is 10.1. The lowest BCUT2D eigenvalue weighted by molar-refractivity contribution is 0.361. The van der Waals surface area contributed by atoms with Gasteiger partial charge in [0.05, 0.1) is 5.39 Å². The van der Waals surface area contributed by atoms with Crippen LogP contribution in [0, 0.1) is 0 Å². The minimum absolute atomic E-state index is 0.769. The van der Waals surface area contributed by atoms with E-state index >= 15 is 0 Å². The van der Waals surface area contributed by atoms with E-state index in [4.69, 9.17) is 9.52 Å². The van der Waals surface area contributed by atoms with Crippen LogP contribution in [0.1, 0.15) is 12.0 Å². The first kappa shape index (κ1) is 15.5. The van der Waals surface area contributed by atoms with Gasteiger partial charge in [0.2, 0.25) is 0 Å². The molecule has 0 fully saturated rings. The highest BCUT2D eigenvalue weighted by Gasteiger charge is 2.10. The molecule has 0 saturated carbocycles. The SMILES string of the molecule is C1=CCN(CCCc2ccccc2)C(N=c2[nH]oc3ccccc23)=C1. The van der Waals surface area contributed by atoms with E-state index in [9.17, 15) is 0 Å². The Balaban J connectivity index is 1.50. The monoisotopic (exact) mass is 331 g/mol. The molecule has 2 heterocycles. The Morgan fingerprint density at radius 2 is 1.88 bits per heavy atom. The van der Waals surface area contributed by atoms with Gasteiger partial charge in [-0.05, 0) is 36.6 Å². The van der Waals surface area contributed by atoms with Crippen molar-refractivity contribution in [2.24, 2.45) is 4.99 Å². The van der Waals surface area contributed by atoms with Crippen LogP contribution in [-0.2, 0) is 6.42 Å². The summed E-state index contributed by atoms with van der Waals surface area (Å²) >= 11 is 0. The molecule has 1 N–H and O–H groups in total. The molecule has 126 valence electrons. The van der Waals surface area contributed by atoms with E-state index in [0.717, 1.165) is 48.2 Å². The number of allylic oxidation sites excluding steroid dienone is 2. The van der Waals surface area contributed by atoms with E-state index in [2.05, 4.69) is 58.6 Å². The van der Waals surface area contributed by atoms with E-state index < -0.39 is 0 Å². The number of H-pyrrole nitrogens is 1. The summed E-state index contributed by atoms with van der Waals surface area (Å²) in [5.74, 6) is 0.971. The molecule has 0 unspecified atom stereocenters. The number of hydrogen-bond donors (Lipinski definition) is 1. The van der Waals surface area contributed by atoms with Gasteiger partial charge in [-0.1, -0.05) is 54.6 Å². The summed E-state index contributed by atoms with van der Waals surface area (Å²) < 4.78 is 5.48. The Hall–Kier alpha value is -3.01. The molecule has 25 heavy (non-hydrogen) atoms. The van der Waals surface area contributed by atoms with Crippen LogP contribution in [0.25, 0.3) is 11.0 Å². The molecule has 0 saturated heterocycles. The van der Waals surface area contributed by atoms with E-state index in [1.54, 1.807) is 0 Å². The van der Waals surface area contributed by atoms with Crippen molar-refractivity contribution in [1.29, 1.82) is 0 Å². The summed E-state index contributed by atoms with van der Waals surface area (Å²) in [6, 6.07) is 18.5. The van der Waals surface area contributed by atoms with Gasteiger partial charge in [-0.2, -0.15) is 0 Å². The number of para-hydroxylation sites is 1. The molecule has 4 heteroatoms. The smallest absolute Gasteiger partial charge is 0.173 e. The molecule has 0 spiro atoms. The normalized spacial score (nSPS) is 15.0. The Morgan fingerprint density at radius 1 is 1.04 bits per heavy atom. The topological polar surface area (TPSA) is 44.5 Å². The number of benzene rings is 2. The van der Waals surface area contributed by atoms with Crippen LogP contribution in [0.4, 0.5) is 0 Å². The Labute approximate surface area is 146 Å². The van der Waals surface area contributed by atoms with Crippen LogP contribution in [0.15, 0.2) is 88.2 Å². The fraction of sp³-hybridized carbons (Fsp3) is 0.190. The third kappa shape index (κ3) is 3.58. The number of aromatic amines is 1. The zero-order chi connectivity index (χ0) is 16.9. The van der Waals surface area contributed by atoms with Gasteiger partial charge < -0.3 is 9.42 Å². The van der Waals surface area contributed by atoms with Gasteiger partial charge >= 0.3 is 0 Å². The molecular weight excluding hydrogens is 310 g/mol. The highest BCUT2D eigenvalue weighted by molar-refractivity contribution is 5.75. The van der Waals surface area contributed by atoms with Crippen LogP contribution in [0.5, 0.6) is 0 Å². The van der Waals surface area contributed by atoms with Gasteiger partial charge in [-0.15, -0.1) is 0 Å². The predicted molar refractivity (Wildman–Crippen MR) is 99.7 cm³/mol. The van der Waals surface area contributed by atoms with Crippen LogP contribution in [0.2, 0.25) is 0 Å². The summed E-state index contributed by atoms with van der Waals surface area (Å²) in [6.07, 6.45) is 8.46. The zero-order valence-electron chi connectivity index (χ0n) is 14.1. The first-order valence-corrected chi connectivity index (χ1v) is 8.67. The summed E-state index contributed by atoms with van der Waals surface area (Å²) in [5, 5.41) is 3.93. The van der Waals surface area contributed by atoms with Crippen molar-refractivity contribution >= 4 is 11.0 Å². The second kappa shape index (κ2) is 7.26. The Morgan fingerprint density at radius 3 is 2.80 bits per heavy atom. The van der Waals surface area contributed by atoms with Gasteiger partial charge in [0, 0.05) is 13.1 Å². The molecule has 2 aromatic carbocycles. The maximum absolute atomic E-state index is 5.48. The van der Waals surface area contributed by atoms with Crippen molar-refractivity contribution in [2.45, 2.75) is 12.8 Å². The van der Waals surface area contributed by atoms with E-state index in [-0.39, 0.29) is 0 Å². The van der Waals surface area contributed by atoms with E-state index in [1.165, 1.54) is 5.56 Å². The number of aryl methyl sites for hydroxylation is 1. The first-order chi connectivity index (χ1) is 12.4. The third-order valence-electron chi connectivity index (χ3n) is 4.39. The molecule has 0 bridgehead atoms. The van der Waals surface area contributed by atoms with Crippen molar-refractivity contribution in [2.75, 3.05) is 13.1 Å². The van der Waals surface area contributed by atoms with Gasteiger partial charge in [-0.3, -0.25) is 0 Å². The van der Waals surface area contributed by atoms with Gasteiger partial charge in [0.15, 0.2) is 11.1 Å². The molecule has 4 nitrogen and oxygen atoms in total. The number of aromatic nitrogens is 1. The van der Waals surface area contributed by atoms with Crippen molar-refractivity contribution in [1.82, 2.24) is 10.1 Å². The molecule has 0 amide bonds. The van der Waals surface area contributed by atoms with E-state index in [0.29, 0.717) is 0 Å². The maximum Gasteiger partial charge on any atom is 0.173 e. The third-order valence-corrected chi connectivity index (χ3v) is 4.39. The zero-order valence-corrected chi connectivity index (χ0v) is 14.1. The quantitative estimate of drug-likeness (QED) is 0.768. The van der Waals surface area contributed by atoms with E-state index in [1.807, 2.05) is 24.3 Å². The van der Waals surface area contributed by atoms with Crippen LogP contribution >= 0.6 is 0 Å². The number of rotatable bonds is 5. The first-order valence-electron chi connectivity index (χ1n) is 8.67. The fourth-order valence-electron chi connectivity index (χ4n) is 3.08. The van der Waals surface area contributed by atoms with Crippen molar-refractivity contribution in [3.63, 3.8) is 0 Å². The summed E-state index contributed by atoms with van der Waals surface area (Å²) in [4.78, 5) is 7.10. The molecule has 0 radical (unpaired) electrons. The lowest BCUT2D eigenvalue weighted by Crippen LogP contribution is -2.27. The molecule has 1 aromatic heterocycles. The maximum atomic E-state index is 5.48. The summed E-state index contributed by atoms with van der Waals surface area (Å²) in [7, 11) is 0. The second-order valence-corrected chi connectivity index (χ2v) is 6.15.